The van der Waals surface area contributed by atoms with Crippen LogP contribution in [0.15, 0.2) is 24.3 Å². The molecule has 1 aromatic rings. The fourth-order valence-electron chi connectivity index (χ4n) is 2.51. The number of rotatable bonds is 3. The minimum Gasteiger partial charge on any atom is -0.373 e. The summed E-state index contributed by atoms with van der Waals surface area (Å²) in [5, 5.41) is 2.75. The van der Waals surface area contributed by atoms with Gasteiger partial charge in [-0.2, -0.15) is 0 Å². The number of nitrogens with one attached hydrogen (secondary N) is 1. The van der Waals surface area contributed by atoms with Gasteiger partial charge >= 0.3 is 0 Å². The van der Waals surface area contributed by atoms with Gasteiger partial charge in [0.05, 0.1) is 18.2 Å². The Labute approximate surface area is 118 Å². The van der Waals surface area contributed by atoms with E-state index in [1.54, 1.807) is 12.1 Å². The third kappa shape index (κ3) is 3.77. The standard InChI is InChI=1S/C15H21FN2O2/c1-10-8-18(9-11(2)20-10)12(3)15(19)17-14-6-4-5-13(16)7-14/h4-7,10-12H,8-9H2,1-3H3,(H,17,19)/t10-,11+,12-/m0/s1. The lowest BCUT2D eigenvalue weighted by Gasteiger charge is -2.38. The molecule has 1 saturated heterocycles. The van der Waals surface area contributed by atoms with Gasteiger partial charge in [-0.1, -0.05) is 6.07 Å². The molecule has 1 aromatic carbocycles. The Kier molecular flexibility index (Phi) is 4.73. The summed E-state index contributed by atoms with van der Waals surface area (Å²) in [6, 6.07) is 5.65. The van der Waals surface area contributed by atoms with Gasteiger partial charge in [0.15, 0.2) is 0 Å². The van der Waals surface area contributed by atoms with Gasteiger partial charge in [-0.15, -0.1) is 0 Å². The zero-order chi connectivity index (χ0) is 14.7. The first-order valence-corrected chi connectivity index (χ1v) is 6.91. The number of ether oxygens (including phenoxy) is 1. The number of anilines is 1. The van der Waals surface area contributed by atoms with Crippen molar-refractivity contribution < 1.29 is 13.9 Å². The first-order valence-electron chi connectivity index (χ1n) is 6.91. The summed E-state index contributed by atoms with van der Waals surface area (Å²) in [6.45, 7) is 7.31. The Bertz CT molecular complexity index is 471. The van der Waals surface area contributed by atoms with E-state index in [0.717, 1.165) is 13.1 Å². The highest BCUT2D eigenvalue weighted by atomic mass is 19.1. The molecule has 1 heterocycles. The lowest BCUT2D eigenvalue weighted by Crippen LogP contribution is -2.52. The molecule has 0 radical (unpaired) electrons. The van der Waals surface area contributed by atoms with Gasteiger partial charge in [0, 0.05) is 18.8 Å². The number of carbonyl (C=O) groups is 1. The third-order valence-electron chi connectivity index (χ3n) is 3.47. The van der Waals surface area contributed by atoms with Gasteiger partial charge in [0.1, 0.15) is 5.82 Å². The molecule has 5 heteroatoms. The number of hydrogen-bond acceptors (Lipinski definition) is 3. The van der Waals surface area contributed by atoms with Crippen LogP contribution in [-0.4, -0.2) is 42.1 Å². The second-order valence-electron chi connectivity index (χ2n) is 5.39. The number of carbonyl (C=O) groups excluding carboxylic acids is 1. The molecule has 2 rings (SSSR count). The quantitative estimate of drug-likeness (QED) is 0.923. The normalized spacial score (nSPS) is 25.2. The van der Waals surface area contributed by atoms with E-state index in [0.29, 0.717) is 5.69 Å². The first-order chi connectivity index (χ1) is 9.45. The molecule has 1 amide bonds. The predicted molar refractivity (Wildman–Crippen MR) is 76.1 cm³/mol. The second-order valence-corrected chi connectivity index (χ2v) is 5.39. The minimum atomic E-state index is -0.357. The van der Waals surface area contributed by atoms with Crippen LogP contribution in [0.2, 0.25) is 0 Å². The highest BCUT2D eigenvalue weighted by Gasteiger charge is 2.29. The van der Waals surface area contributed by atoms with Crippen LogP contribution >= 0.6 is 0 Å². The summed E-state index contributed by atoms with van der Waals surface area (Å²) >= 11 is 0. The number of morpholine rings is 1. The van der Waals surface area contributed by atoms with Gasteiger partial charge in [0.25, 0.3) is 0 Å². The van der Waals surface area contributed by atoms with Crippen molar-refractivity contribution in [2.45, 2.75) is 39.0 Å². The Morgan fingerprint density at radius 2 is 2.05 bits per heavy atom. The molecule has 1 fully saturated rings. The van der Waals surface area contributed by atoms with E-state index in [-0.39, 0.29) is 30.0 Å². The van der Waals surface area contributed by atoms with Crippen molar-refractivity contribution in [3.05, 3.63) is 30.1 Å². The molecule has 110 valence electrons. The monoisotopic (exact) mass is 280 g/mol. The van der Waals surface area contributed by atoms with Gasteiger partial charge in [-0.25, -0.2) is 4.39 Å². The van der Waals surface area contributed by atoms with Gasteiger partial charge in [-0.05, 0) is 39.0 Å². The first kappa shape index (κ1) is 14.9. The maximum absolute atomic E-state index is 13.1. The minimum absolute atomic E-state index is 0.114. The maximum Gasteiger partial charge on any atom is 0.241 e. The molecule has 20 heavy (non-hydrogen) atoms. The van der Waals surface area contributed by atoms with Gasteiger partial charge in [0.2, 0.25) is 5.91 Å². The fraction of sp³-hybridized carbons (Fsp3) is 0.533. The van der Waals surface area contributed by atoms with Crippen LogP contribution in [0.5, 0.6) is 0 Å². The molecular weight excluding hydrogens is 259 g/mol. The molecule has 0 saturated carbocycles. The second kappa shape index (κ2) is 6.33. The molecule has 3 atom stereocenters. The summed E-state index contributed by atoms with van der Waals surface area (Å²) in [5.41, 5.74) is 0.483. The number of amides is 1. The van der Waals surface area contributed by atoms with Crippen LogP contribution in [0, 0.1) is 5.82 Å². The van der Waals surface area contributed by atoms with E-state index in [1.807, 2.05) is 20.8 Å². The summed E-state index contributed by atoms with van der Waals surface area (Å²) < 4.78 is 18.8. The average molecular weight is 280 g/mol. The molecule has 0 unspecified atom stereocenters. The molecule has 1 aliphatic rings. The van der Waals surface area contributed by atoms with Crippen molar-refractivity contribution in [2.24, 2.45) is 0 Å². The number of benzene rings is 1. The molecule has 0 spiro atoms. The van der Waals surface area contributed by atoms with Crippen molar-refractivity contribution in [1.82, 2.24) is 4.90 Å². The maximum atomic E-state index is 13.1. The molecule has 0 aromatic heterocycles. The zero-order valence-corrected chi connectivity index (χ0v) is 12.1. The summed E-state index contributed by atoms with van der Waals surface area (Å²) in [7, 11) is 0. The largest absolute Gasteiger partial charge is 0.373 e. The highest BCUT2D eigenvalue weighted by molar-refractivity contribution is 5.94. The van der Waals surface area contributed by atoms with E-state index in [4.69, 9.17) is 4.74 Å². The SMILES string of the molecule is C[C@@H]1CN([C@@H](C)C(=O)Nc2cccc(F)c2)C[C@H](C)O1. The van der Waals surface area contributed by atoms with E-state index in [2.05, 4.69) is 10.2 Å². The van der Waals surface area contributed by atoms with E-state index in [1.165, 1.54) is 12.1 Å². The van der Waals surface area contributed by atoms with Gasteiger partial charge in [-0.3, -0.25) is 9.69 Å². The summed E-state index contributed by atoms with van der Waals surface area (Å²) in [6.07, 6.45) is 0.228. The Morgan fingerprint density at radius 1 is 1.40 bits per heavy atom. The number of hydrogen-bond donors (Lipinski definition) is 1. The molecule has 0 bridgehead atoms. The number of nitrogens with zero attached hydrogens (tertiary/aromatic N) is 1. The topological polar surface area (TPSA) is 41.6 Å². The van der Waals surface area contributed by atoms with Crippen LogP contribution in [-0.2, 0) is 9.53 Å². The zero-order valence-electron chi connectivity index (χ0n) is 12.1. The number of halogens is 1. The van der Waals surface area contributed by atoms with Crippen LogP contribution in [0.1, 0.15) is 20.8 Å². The molecule has 4 nitrogen and oxygen atoms in total. The molecule has 1 aliphatic heterocycles. The van der Waals surface area contributed by atoms with Crippen molar-refractivity contribution in [3.8, 4) is 0 Å². The Hall–Kier alpha value is -1.46. The fourth-order valence-corrected chi connectivity index (χ4v) is 2.51. The van der Waals surface area contributed by atoms with E-state index >= 15 is 0 Å². The van der Waals surface area contributed by atoms with Gasteiger partial charge < -0.3 is 10.1 Å². The Balaban J connectivity index is 1.98. The summed E-state index contributed by atoms with van der Waals surface area (Å²) in [5.74, 6) is -0.485. The van der Waals surface area contributed by atoms with Crippen LogP contribution in [0.25, 0.3) is 0 Å². The van der Waals surface area contributed by atoms with Crippen molar-refractivity contribution >= 4 is 11.6 Å². The smallest absolute Gasteiger partial charge is 0.241 e. The van der Waals surface area contributed by atoms with Crippen molar-refractivity contribution in [2.75, 3.05) is 18.4 Å². The van der Waals surface area contributed by atoms with Crippen LogP contribution < -0.4 is 5.32 Å². The summed E-state index contributed by atoms with van der Waals surface area (Å²) in [4.78, 5) is 14.3. The molecule has 1 N–H and O–H groups in total. The molecular formula is C15H21FN2O2. The molecule has 0 aliphatic carbocycles. The lowest BCUT2D eigenvalue weighted by molar-refractivity contribution is -0.126. The average Bonchev–Trinajstić information content (AvgIpc) is 2.36. The van der Waals surface area contributed by atoms with Crippen molar-refractivity contribution in [3.63, 3.8) is 0 Å². The predicted octanol–water partition coefficient (Wildman–Crippen LogP) is 2.26. The van der Waals surface area contributed by atoms with Crippen molar-refractivity contribution in [1.29, 1.82) is 0 Å². The highest BCUT2D eigenvalue weighted by Crippen LogP contribution is 2.15. The van der Waals surface area contributed by atoms with E-state index < -0.39 is 0 Å². The van der Waals surface area contributed by atoms with Crippen LogP contribution in [0.4, 0.5) is 10.1 Å². The Morgan fingerprint density at radius 3 is 2.65 bits per heavy atom. The lowest BCUT2D eigenvalue weighted by atomic mass is 10.1. The third-order valence-corrected chi connectivity index (χ3v) is 3.47. The van der Waals surface area contributed by atoms with E-state index in [9.17, 15) is 9.18 Å². The van der Waals surface area contributed by atoms with Crippen LogP contribution in [0.3, 0.4) is 0 Å².